The molecule has 0 aliphatic rings. The van der Waals surface area contributed by atoms with Crippen LogP contribution in [0.15, 0.2) is 78.9 Å². The molecule has 5 heteroatoms. The number of Topliss-reactive ketones (excluding diaryl/α,β-unsaturated/α-hetero) is 1. The molecule has 29 heavy (non-hydrogen) atoms. The van der Waals surface area contributed by atoms with Crippen LogP contribution in [0.4, 0.5) is 5.69 Å². The van der Waals surface area contributed by atoms with Crippen molar-refractivity contribution in [1.29, 1.82) is 0 Å². The van der Waals surface area contributed by atoms with Gasteiger partial charge in [-0.25, -0.2) is 4.79 Å². The maximum atomic E-state index is 13.1. The highest BCUT2D eigenvalue weighted by Crippen LogP contribution is 2.24. The first-order valence-corrected chi connectivity index (χ1v) is 9.18. The Bertz CT molecular complexity index is 1010. The fourth-order valence-corrected chi connectivity index (χ4v) is 2.84. The van der Waals surface area contributed by atoms with Gasteiger partial charge in [-0.15, -0.1) is 0 Å². The molecule has 0 aromatic heterocycles. The lowest BCUT2D eigenvalue weighted by Gasteiger charge is -2.18. The lowest BCUT2D eigenvalue weighted by Crippen LogP contribution is -2.20. The minimum Gasteiger partial charge on any atom is -0.445 e. The number of anilines is 1. The molecule has 3 rings (SSSR count). The Morgan fingerprint density at radius 1 is 0.793 bits per heavy atom. The summed E-state index contributed by atoms with van der Waals surface area (Å²) in [4.78, 5) is 36.9. The van der Waals surface area contributed by atoms with E-state index in [-0.39, 0.29) is 17.3 Å². The van der Waals surface area contributed by atoms with Gasteiger partial charge >= 0.3 is 5.97 Å². The number of aryl methyl sites for hydroxylation is 1. The lowest BCUT2D eigenvalue weighted by atomic mass is 9.99. The molecule has 0 saturated carbocycles. The molecular weight excluding hydrogens is 366 g/mol. The molecule has 1 atom stereocenters. The van der Waals surface area contributed by atoms with Crippen LogP contribution in [0.2, 0.25) is 0 Å². The largest absolute Gasteiger partial charge is 0.445 e. The number of rotatable bonds is 6. The van der Waals surface area contributed by atoms with E-state index < -0.39 is 12.1 Å². The molecule has 0 heterocycles. The molecule has 0 bridgehead atoms. The minimum absolute atomic E-state index is 0.201. The third-order valence-electron chi connectivity index (χ3n) is 4.34. The van der Waals surface area contributed by atoms with Gasteiger partial charge in [0.05, 0.1) is 5.56 Å². The van der Waals surface area contributed by atoms with E-state index in [2.05, 4.69) is 5.32 Å². The molecule has 0 aliphatic heterocycles. The SMILES string of the molecule is CC(=O)Nc1ccc(C(=O)OC(C(=O)c2ccc(C)cc2)c2ccccc2)cc1. The second kappa shape index (κ2) is 8.97. The summed E-state index contributed by atoms with van der Waals surface area (Å²) in [5.74, 6) is -1.11. The Kier molecular flexibility index (Phi) is 6.19. The fourth-order valence-electron chi connectivity index (χ4n) is 2.84. The molecule has 3 aromatic carbocycles. The zero-order chi connectivity index (χ0) is 20.8. The van der Waals surface area contributed by atoms with Gasteiger partial charge in [0.2, 0.25) is 11.7 Å². The van der Waals surface area contributed by atoms with Gasteiger partial charge in [0, 0.05) is 23.7 Å². The number of carbonyl (C=O) groups is 3. The van der Waals surface area contributed by atoms with Crippen molar-refractivity contribution in [3.05, 3.63) is 101 Å². The van der Waals surface area contributed by atoms with Crippen LogP contribution >= 0.6 is 0 Å². The van der Waals surface area contributed by atoms with Crippen LogP contribution in [0.3, 0.4) is 0 Å². The van der Waals surface area contributed by atoms with Crippen molar-refractivity contribution in [2.24, 2.45) is 0 Å². The molecule has 0 aliphatic carbocycles. The zero-order valence-electron chi connectivity index (χ0n) is 16.2. The Labute approximate surface area is 169 Å². The van der Waals surface area contributed by atoms with E-state index in [4.69, 9.17) is 4.74 Å². The van der Waals surface area contributed by atoms with E-state index in [1.165, 1.54) is 6.92 Å². The average Bonchev–Trinajstić information content (AvgIpc) is 2.72. The van der Waals surface area contributed by atoms with Gasteiger partial charge in [0.15, 0.2) is 6.10 Å². The summed E-state index contributed by atoms with van der Waals surface area (Å²) in [5, 5.41) is 2.64. The zero-order valence-corrected chi connectivity index (χ0v) is 16.2. The molecule has 1 N–H and O–H groups in total. The van der Waals surface area contributed by atoms with Gasteiger partial charge in [-0.05, 0) is 31.2 Å². The third-order valence-corrected chi connectivity index (χ3v) is 4.34. The predicted molar refractivity (Wildman–Crippen MR) is 111 cm³/mol. The number of hydrogen-bond acceptors (Lipinski definition) is 4. The van der Waals surface area contributed by atoms with Gasteiger partial charge in [-0.2, -0.15) is 0 Å². The number of ether oxygens (including phenoxy) is 1. The predicted octanol–water partition coefficient (Wildman–Crippen LogP) is 4.73. The van der Waals surface area contributed by atoms with Gasteiger partial charge in [0.25, 0.3) is 0 Å². The van der Waals surface area contributed by atoms with Gasteiger partial charge < -0.3 is 10.1 Å². The topological polar surface area (TPSA) is 72.5 Å². The first-order chi connectivity index (χ1) is 13.9. The summed E-state index contributed by atoms with van der Waals surface area (Å²) in [5.41, 5.74) is 2.97. The summed E-state index contributed by atoms with van der Waals surface area (Å²) in [6, 6.07) is 22.4. The van der Waals surface area contributed by atoms with E-state index in [1.54, 1.807) is 60.7 Å². The molecule has 0 saturated heterocycles. The molecule has 0 fully saturated rings. The smallest absolute Gasteiger partial charge is 0.339 e. The number of ketones is 1. The summed E-state index contributed by atoms with van der Waals surface area (Å²) in [6.45, 7) is 3.34. The van der Waals surface area contributed by atoms with Gasteiger partial charge in [-0.3, -0.25) is 9.59 Å². The van der Waals surface area contributed by atoms with Crippen LogP contribution in [0, 0.1) is 6.92 Å². The maximum absolute atomic E-state index is 13.1. The first-order valence-electron chi connectivity index (χ1n) is 9.18. The van der Waals surface area contributed by atoms with Gasteiger partial charge in [-0.1, -0.05) is 60.2 Å². The van der Waals surface area contributed by atoms with Crippen LogP contribution in [0.1, 0.15) is 44.9 Å². The average molecular weight is 387 g/mol. The number of nitrogens with one attached hydrogen (secondary N) is 1. The number of hydrogen-bond donors (Lipinski definition) is 1. The third kappa shape index (κ3) is 5.17. The monoisotopic (exact) mass is 387 g/mol. The normalized spacial score (nSPS) is 11.4. The Hall–Kier alpha value is -3.73. The number of amides is 1. The second-order valence-electron chi connectivity index (χ2n) is 6.68. The van der Waals surface area contributed by atoms with E-state index >= 15 is 0 Å². The van der Waals surface area contributed by atoms with Crippen molar-refractivity contribution >= 4 is 23.3 Å². The number of esters is 1. The minimum atomic E-state index is -1.05. The molecular formula is C24H21NO4. The molecule has 1 unspecified atom stereocenters. The van der Waals surface area contributed by atoms with E-state index in [0.717, 1.165) is 5.56 Å². The molecule has 0 radical (unpaired) electrons. The van der Waals surface area contributed by atoms with E-state index in [1.807, 2.05) is 25.1 Å². The van der Waals surface area contributed by atoms with Crippen LogP contribution in [-0.2, 0) is 9.53 Å². The Morgan fingerprint density at radius 3 is 1.97 bits per heavy atom. The summed E-state index contributed by atoms with van der Waals surface area (Å²) >= 11 is 0. The highest BCUT2D eigenvalue weighted by atomic mass is 16.5. The summed E-state index contributed by atoms with van der Waals surface area (Å²) in [6.07, 6.45) is -1.05. The van der Waals surface area contributed by atoms with Crippen LogP contribution in [0.5, 0.6) is 0 Å². The maximum Gasteiger partial charge on any atom is 0.339 e. The van der Waals surface area contributed by atoms with Gasteiger partial charge in [0.1, 0.15) is 0 Å². The Morgan fingerprint density at radius 2 is 1.38 bits per heavy atom. The standard InChI is InChI=1S/C24H21NO4/c1-16-8-10-18(11-9-16)22(27)23(19-6-4-3-5-7-19)29-24(28)20-12-14-21(15-13-20)25-17(2)26/h3-15,23H,1-2H3,(H,25,26). The first kappa shape index (κ1) is 20.0. The molecule has 0 spiro atoms. The Balaban J connectivity index is 1.85. The van der Waals surface area contributed by atoms with Crippen molar-refractivity contribution in [3.63, 3.8) is 0 Å². The summed E-state index contributed by atoms with van der Waals surface area (Å²) in [7, 11) is 0. The highest BCUT2D eigenvalue weighted by molar-refractivity contribution is 6.02. The number of benzene rings is 3. The lowest BCUT2D eigenvalue weighted by molar-refractivity contribution is -0.114. The second-order valence-corrected chi connectivity index (χ2v) is 6.68. The van der Waals surface area contributed by atoms with Crippen LogP contribution < -0.4 is 5.32 Å². The van der Waals surface area contributed by atoms with Crippen LogP contribution in [0.25, 0.3) is 0 Å². The molecule has 146 valence electrons. The number of carbonyl (C=O) groups excluding carboxylic acids is 3. The van der Waals surface area contributed by atoms with Crippen molar-refractivity contribution in [2.75, 3.05) is 5.32 Å². The quantitative estimate of drug-likeness (QED) is 0.490. The van der Waals surface area contributed by atoms with Crippen molar-refractivity contribution in [2.45, 2.75) is 20.0 Å². The van der Waals surface area contributed by atoms with Crippen LogP contribution in [-0.4, -0.2) is 17.7 Å². The molecule has 5 nitrogen and oxygen atoms in total. The summed E-state index contributed by atoms with van der Waals surface area (Å²) < 4.78 is 5.61. The highest BCUT2D eigenvalue weighted by Gasteiger charge is 2.26. The molecule has 3 aromatic rings. The van der Waals surface area contributed by atoms with E-state index in [9.17, 15) is 14.4 Å². The van der Waals surface area contributed by atoms with E-state index in [0.29, 0.717) is 16.8 Å². The molecule has 1 amide bonds. The van der Waals surface area contributed by atoms with Crippen molar-refractivity contribution < 1.29 is 19.1 Å². The van der Waals surface area contributed by atoms with Crippen molar-refractivity contribution in [1.82, 2.24) is 0 Å². The fraction of sp³-hybridized carbons (Fsp3) is 0.125. The van der Waals surface area contributed by atoms with Crippen molar-refractivity contribution in [3.8, 4) is 0 Å².